The van der Waals surface area contributed by atoms with Crippen LogP contribution in [-0.4, -0.2) is 41.6 Å². The minimum absolute atomic E-state index is 0.0458. The second kappa shape index (κ2) is 7.13. The van der Waals surface area contributed by atoms with Crippen LogP contribution >= 0.6 is 0 Å². The number of hydrogen-bond donors (Lipinski definition) is 1. The van der Waals surface area contributed by atoms with Gasteiger partial charge in [0, 0.05) is 19.7 Å². The Balaban J connectivity index is 1.75. The highest BCUT2D eigenvalue weighted by atomic mass is 16.5. The Bertz CT molecular complexity index is 559. The quantitative estimate of drug-likeness (QED) is 0.930. The van der Waals surface area contributed by atoms with Crippen LogP contribution in [0, 0.1) is 11.8 Å². The topological polar surface area (TPSA) is 66.8 Å². The standard InChI is InChI=1S/C18H23NO4/c20-17(19-10-4-8-14(12-19)18(21)22)15-9-5-11-23-16(15)13-6-2-1-3-7-13/h1-3,6-7,14-16H,4-5,8-12H2,(H,21,22)/t14-,15+,16+/m1/s1. The van der Waals surface area contributed by atoms with Crippen LogP contribution in [0.4, 0.5) is 0 Å². The Morgan fingerprint density at radius 3 is 2.65 bits per heavy atom. The van der Waals surface area contributed by atoms with Crippen LogP contribution in [0.5, 0.6) is 0 Å². The molecule has 0 radical (unpaired) electrons. The SMILES string of the molecule is O=C(O)[C@@H]1CCCN(C(=O)[C@H]2CCCO[C@H]2c2ccccc2)C1. The predicted octanol–water partition coefficient (Wildman–Crippen LogP) is 2.48. The Labute approximate surface area is 136 Å². The molecule has 1 aromatic carbocycles. The van der Waals surface area contributed by atoms with Crippen LogP contribution in [0.15, 0.2) is 30.3 Å². The summed E-state index contributed by atoms with van der Waals surface area (Å²) in [7, 11) is 0. The van der Waals surface area contributed by atoms with Crippen molar-refractivity contribution in [2.75, 3.05) is 19.7 Å². The number of hydrogen-bond acceptors (Lipinski definition) is 3. The molecule has 2 heterocycles. The molecule has 0 unspecified atom stereocenters. The lowest BCUT2D eigenvalue weighted by molar-refractivity contribution is -0.151. The number of carbonyl (C=O) groups is 2. The van der Waals surface area contributed by atoms with E-state index in [1.807, 2.05) is 30.3 Å². The molecule has 124 valence electrons. The molecule has 3 rings (SSSR count). The fraction of sp³-hybridized carbons (Fsp3) is 0.556. The Kier molecular flexibility index (Phi) is 4.96. The summed E-state index contributed by atoms with van der Waals surface area (Å²) in [6.07, 6.45) is 2.86. The molecule has 1 amide bonds. The molecule has 0 bridgehead atoms. The van der Waals surface area contributed by atoms with Gasteiger partial charge in [-0.15, -0.1) is 0 Å². The zero-order valence-corrected chi connectivity index (χ0v) is 13.2. The maximum Gasteiger partial charge on any atom is 0.308 e. The molecule has 2 aliphatic rings. The van der Waals surface area contributed by atoms with Crippen LogP contribution < -0.4 is 0 Å². The number of amides is 1. The maximum atomic E-state index is 13.0. The summed E-state index contributed by atoms with van der Waals surface area (Å²) in [5.41, 5.74) is 1.03. The highest BCUT2D eigenvalue weighted by Gasteiger charge is 2.38. The summed E-state index contributed by atoms with van der Waals surface area (Å²) in [4.78, 5) is 25.9. The first-order chi connectivity index (χ1) is 11.2. The summed E-state index contributed by atoms with van der Waals surface area (Å²) in [6.45, 7) is 1.65. The average molecular weight is 317 g/mol. The van der Waals surface area contributed by atoms with Crippen molar-refractivity contribution in [2.45, 2.75) is 31.8 Å². The smallest absolute Gasteiger partial charge is 0.308 e. The van der Waals surface area contributed by atoms with Crippen molar-refractivity contribution >= 4 is 11.9 Å². The van der Waals surface area contributed by atoms with Gasteiger partial charge in [0.05, 0.1) is 17.9 Å². The molecule has 0 saturated carbocycles. The largest absolute Gasteiger partial charge is 0.481 e. The number of piperidine rings is 1. The Hall–Kier alpha value is -1.88. The van der Waals surface area contributed by atoms with Crippen LogP contribution in [0.3, 0.4) is 0 Å². The van der Waals surface area contributed by atoms with E-state index < -0.39 is 11.9 Å². The monoisotopic (exact) mass is 317 g/mol. The Morgan fingerprint density at radius 2 is 1.91 bits per heavy atom. The van der Waals surface area contributed by atoms with Gasteiger partial charge in [0.25, 0.3) is 0 Å². The van der Waals surface area contributed by atoms with E-state index in [1.54, 1.807) is 4.90 Å². The molecule has 0 aromatic heterocycles. The van der Waals surface area contributed by atoms with Crippen molar-refractivity contribution in [1.82, 2.24) is 4.90 Å². The van der Waals surface area contributed by atoms with Crippen LogP contribution in [-0.2, 0) is 14.3 Å². The molecule has 1 aromatic rings. The van der Waals surface area contributed by atoms with Crippen molar-refractivity contribution < 1.29 is 19.4 Å². The van der Waals surface area contributed by atoms with Gasteiger partial charge in [0.2, 0.25) is 5.91 Å². The van der Waals surface area contributed by atoms with Gasteiger partial charge in [-0.3, -0.25) is 9.59 Å². The first-order valence-electron chi connectivity index (χ1n) is 8.35. The molecule has 1 N–H and O–H groups in total. The normalized spacial score (nSPS) is 28.3. The van der Waals surface area contributed by atoms with Crippen LogP contribution in [0.1, 0.15) is 37.4 Å². The first kappa shape index (κ1) is 16.0. The molecule has 0 spiro atoms. The van der Waals surface area contributed by atoms with Crippen molar-refractivity contribution in [3.63, 3.8) is 0 Å². The molecule has 3 atom stereocenters. The number of ether oxygens (including phenoxy) is 1. The Morgan fingerprint density at radius 1 is 1.13 bits per heavy atom. The zero-order chi connectivity index (χ0) is 16.2. The zero-order valence-electron chi connectivity index (χ0n) is 13.2. The maximum absolute atomic E-state index is 13.0. The van der Waals surface area contributed by atoms with Gasteiger partial charge >= 0.3 is 5.97 Å². The van der Waals surface area contributed by atoms with Gasteiger partial charge in [0.15, 0.2) is 0 Å². The number of carboxylic acid groups (broad SMARTS) is 1. The van der Waals surface area contributed by atoms with Crippen molar-refractivity contribution in [2.24, 2.45) is 11.8 Å². The van der Waals surface area contributed by atoms with Crippen LogP contribution in [0.2, 0.25) is 0 Å². The molecule has 2 saturated heterocycles. The fourth-order valence-electron chi connectivity index (χ4n) is 3.62. The number of aliphatic carboxylic acids is 1. The number of likely N-dealkylation sites (tertiary alicyclic amines) is 1. The number of rotatable bonds is 3. The van der Waals surface area contributed by atoms with E-state index in [9.17, 15) is 14.7 Å². The lowest BCUT2D eigenvalue weighted by atomic mass is 9.87. The highest BCUT2D eigenvalue weighted by Crippen LogP contribution is 2.35. The second-order valence-electron chi connectivity index (χ2n) is 6.41. The van der Waals surface area contributed by atoms with Gasteiger partial charge in [-0.05, 0) is 31.2 Å². The minimum Gasteiger partial charge on any atom is -0.481 e. The van der Waals surface area contributed by atoms with Crippen molar-refractivity contribution in [3.05, 3.63) is 35.9 Å². The summed E-state index contributed by atoms with van der Waals surface area (Å²) in [5, 5.41) is 9.22. The number of carboxylic acids is 1. The third-order valence-corrected chi connectivity index (χ3v) is 4.85. The lowest BCUT2D eigenvalue weighted by Crippen LogP contribution is -2.47. The summed E-state index contributed by atoms with van der Waals surface area (Å²) >= 11 is 0. The summed E-state index contributed by atoms with van der Waals surface area (Å²) in [5.74, 6) is -1.41. The average Bonchev–Trinajstić information content (AvgIpc) is 2.62. The minimum atomic E-state index is -0.804. The number of carbonyl (C=O) groups excluding carboxylic acids is 1. The van der Waals surface area contributed by atoms with E-state index in [0.717, 1.165) is 24.8 Å². The summed E-state index contributed by atoms with van der Waals surface area (Å²) < 4.78 is 5.90. The molecule has 23 heavy (non-hydrogen) atoms. The van der Waals surface area contributed by atoms with Crippen molar-refractivity contribution in [3.8, 4) is 0 Å². The molecular formula is C18H23NO4. The first-order valence-corrected chi connectivity index (χ1v) is 8.35. The van der Waals surface area contributed by atoms with E-state index in [2.05, 4.69) is 0 Å². The van der Waals surface area contributed by atoms with E-state index >= 15 is 0 Å². The van der Waals surface area contributed by atoms with Gasteiger partial charge in [0.1, 0.15) is 0 Å². The molecule has 5 heteroatoms. The number of benzene rings is 1. The van der Waals surface area contributed by atoms with Crippen LogP contribution in [0.25, 0.3) is 0 Å². The van der Waals surface area contributed by atoms with E-state index in [-0.39, 0.29) is 17.9 Å². The van der Waals surface area contributed by atoms with E-state index in [0.29, 0.717) is 26.1 Å². The molecule has 2 fully saturated rings. The fourth-order valence-corrected chi connectivity index (χ4v) is 3.62. The lowest BCUT2D eigenvalue weighted by Gasteiger charge is -2.37. The molecular weight excluding hydrogens is 294 g/mol. The second-order valence-corrected chi connectivity index (χ2v) is 6.41. The third kappa shape index (κ3) is 3.55. The molecule has 0 aliphatic carbocycles. The molecule has 5 nitrogen and oxygen atoms in total. The number of nitrogens with zero attached hydrogens (tertiary/aromatic N) is 1. The summed E-state index contributed by atoms with van der Waals surface area (Å²) in [6, 6.07) is 9.84. The third-order valence-electron chi connectivity index (χ3n) is 4.85. The van der Waals surface area contributed by atoms with E-state index in [4.69, 9.17) is 4.74 Å². The predicted molar refractivity (Wildman–Crippen MR) is 84.8 cm³/mol. The molecule has 2 aliphatic heterocycles. The van der Waals surface area contributed by atoms with Gasteiger partial charge in [-0.2, -0.15) is 0 Å². The van der Waals surface area contributed by atoms with Gasteiger partial charge in [-0.1, -0.05) is 30.3 Å². The highest BCUT2D eigenvalue weighted by molar-refractivity contribution is 5.81. The van der Waals surface area contributed by atoms with E-state index in [1.165, 1.54) is 0 Å². The van der Waals surface area contributed by atoms with Crippen molar-refractivity contribution in [1.29, 1.82) is 0 Å². The van der Waals surface area contributed by atoms with Gasteiger partial charge < -0.3 is 14.7 Å². The van der Waals surface area contributed by atoms with Gasteiger partial charge in [-0.25, -0.2) is 0 Å².